The zero-order valence-corrected chi connectivity index (χ0v) is 12.2. The maximum atomic E-state index is 12.6. The molecule has 1 atom stereocenters. The van der Waals surface area contributed by atoms with Crippen LogP contribution in [0.3, 0.4) is 0 Å². The van der Waals surface area contributed by atoms with Crippen LogP contribution in [0.15, 0.2) is 18.3 Å². The Morgan fingerprint density at radius 3 is 3.05 bits per heavy atom. The molecule has 1 aromatic rings. The van der Waals surface area contributed by atoms with Crippen LogP contribution in [0.2, 0.25) is 0 Å². The van der Waals surface area contributed by atoms with E-state index in [1.807, 2.05) is 18.7 Å². The van der Waals surface area contributed by atoms with Crippen LogP contribution in [0.4, 0.5) is 5.82 Å². The van der Waals surface area contributed by atoms with Crippen molar-refractivity contribution in [1.82, 2.24) is 9.88 Å². The van der Waals surface area contributed by atoms with Gasteiger partial charge >= 0.3 is 0 Å². The molecule has 0 saturated carbocycles. The van der Waals surface area contributed by atoms with E-state index in [0.717, 1.165) is 19.4 Å². The Hall–Kier alpha value is -1.62. The van der Waals surface area contributed by atoms with Crippen molar-refractivity contribution in [2.45, 2.75) is 38.7 Å². The maximum absolute atomic E-state index is 12.6. The number of rotatable bonds is 3. The van der Waals surface area contributed by atoms with Gasteiger partial charge in [-0.2, -0.15) is 0 Å². The highest BCUT2D eigenvalue weighted by Gasteiger charge is 2.28. The predicted molar refractivity (Wildman–Crippen MR) is 78.8 cm³/mol. The van der Waals surface area contributed by atoms with Gasteiger partial charge in [0.2, 0.25) is 0 Å². The Bertz CT molecular complexity index is 474. The molecule has 0 spiro atoms. The maximum Gasteiger partial charge on any atom is 0.257 e. The number of hydrogen-bond donors (Lipinski definition) is 2. The third-order valence-corrected chi connectivity index (χ3v) is 3.73. The molecule has 0 radical (unpaired) electrons. The van der Waals surface area contributed by atoms with Gasteiger partial charge in [-0.25, -0.2) is 4.98 Å². The largest absolute Gasteiger partial charge is 0.390 e. The topological polar surface area (TPSA) is 65.5 Å². The van der Waals surface area contributed by atoms with E-state index in [1.54, 1.807) is 18.3 Å². The minimum absolute atomic E-state index is 0.00764. The summed E-state index contributed by atoms with van der Waals surface area (Å²) >= 11 is 0. The van der Waals surface area contributed by atoms with Crippen LogP contribution in [0.1, 0.15) is 43.5 Å². The summed E-state index contributed by atoms with van der Waals surface area (Å²) in [4.78, 5) is 18.7. The summed E-state index contributed by atoms with van der Waals surface area (Å²) < 4.78 is 0. The molecule has 5 heteroatoms. The molecule has 20 heavy (non-hydrogen) atoms. The van der Waals surface area contributed by atoms with Crippen LogP contribution in [0.25, 0.3) is 0 Å². The van der Waals surface area contributed by atoms with Crippen molar-refractivity contribution in [3.63, 3.8) is 0 Å². The molecule has 110 valence electrons. The number of hydrogen-bond acceptors (Lipinski definition) is 4. The second kappa shape index (κ2) is 6.22. The number of aromatic nitrogens is 1. The van der Waals surface area contributed by atoms with E-state index in [2.05, 4.69) is 10.3 Å². The van der Waals surface area contributed by atoms with Gasteiger partial charge < -0.3 is 15.3 Å². The van der Waals surface area contributed by atoms with Gasteiger partial charge in [0.15, 0.2) is 0 Å². The molecule has 1 saturated heterocycles. The zero-order chi connectivity index (χ0) is 14.6. The van der Waals surface area contributed by atoms with Gasteiger partial charge in [0.05, 0.1) is 11.2 Å². The van der Waals surface area contributed by atoms with Crippen molar-refractivity contribution in [3.8, 4) is 0 Å². The van der Waals surface area contributed by atoms with Gasteiger partial charge in [0.25, 0.3) is 5.91 Å². The molecule has 1 aliphatic rings. The summed E-state index contributed by atoms with van der Waals surface area (Å²) in [5, 5.41) is 13.2. The van der Waals surface area contributed by atoms with Gasteiger partial charge in [-0.05, 0) is 45.2 Å². The molecule has 1 aromatic heterocycles. The van der Waals surface area contributed by atoms with Crippen molar-refractivity contribution in [2.24, 2.45) is 0 Å². The summed E-state index contributed by atoms with van der Waals surface area (Å²) in [6, 6.07) is 3.58. The fourth-order valence-electron chi connectivity index (χ4n) is 2.52. The second-order valence-electron chi connectivity index (χ2n) is 5.57. The summed E-state index contributed by atoms with van der Waals surface area (Å²) in [7, 11) is 0. The molecule has 1 amide bonds. The van der Waals surface area contributed by atoms with Crippen LogP contribution in [0.5, 0.6) is 0 Å². The van der Waals surface area contributed by atoms with Crippen LogP contribution < -0.4 is 5.32 Å². The Balaban J connectivity index is 2.15. The Morgan fingerprint density at radius 2 is 2.30 bits per heavy atom. The number of carbonyl (C=O) groups excluding carboxylic acids is 1. The van der Waals surface area contributed by atoms with E-state index in [9.17, 15) is 9.90 Å². The molecular weight excluding hydrogens is 254 g/mol. The monoisotopic (exact) mass is 277 g/mol. The lowest BCUT2D eigenvalue weighted by atomic mass is 9.98. The SMILES string of the molecule is CCNc1ncccc1C(=O)N1CCCC(C)(O)CC1. The molecule has 2 N–H and O–H groups in total. The summed E-state index contributed by atoms with van der Waals surface area (Å²) in [5.41, 5.74) is -0.0510. The van der Waals surface area contributed by atoms with E-state index in [0.29, 0.717) is 30.9 Å². The fourth-order valence-corrected chi connectivity index (χ4v) is 2.52. The summed E-state index contributed by atoms with van der Waals surface area (Å²) in [5.74, 6) is 0.628. The van der Waals surface area contributed by atoms with E-state index in [1.165, 1.54) is 0 Å². The molecule has 1 aliphatic heterocycles. The van der Waals surface area contributed by atoms with E-state index in [4.69, 9.17) is 0 Å². The molecule has 0 bridgehead atoms. The number of carbonyl (C=O) groups is 1. The number of likely N-dealkylation sites (tertiary alicyclic amines) is 1. The van der Waals surface area contributed by atoms with Crippen LogP contribution in [0, 0.1) is 0 Å². The highest BCUT2D eigenvalue weighted by Crippen LogP contribution is 2.23. The number of nitrogens with zero attached hydrogens (tertiary/aromatic N) is 2. The van der Waals surface area contributed by atoms with Gasteiger partial charge in [0.1, 0.15) is 5.82 Å². The van der Waals surface area contributed by atoms with Crippen molar-refractivity contribution in [2.75, 3.05) is 25.0 Å². The molecule has 1 fully saturated rings. The quantitative estimate of drug-likeness (QED) is 0.885. The van der Waals surface area contributed by atoms with Gasteiger partial charge in [-0.1, -0.05) is 0 Å². The molecular formula is C15H23N3O2. The highest BCUT2D eigenvalue weighted by molar-refractivity contribution is 5.98. The number of nitrogens with one attached hydrogen (secondary N) is 1. The Kier molecular flexibility index (Phi) is 4.60. The first kappa shape index (κ1) is 14.8. The van der Waals surface area contributed by atoms with Crippen molar-refractivity contribution >= 4 is 11.7 Å². The second-order valence-corrected chi connectivity index (χ2v) is 5.57. The molecule has 5 nitrogen and oxygen atoms in total. The standard InChI is InChI=1S/C15H23N3O2/c1-3-16-13-12(6-4-9-17-13)14(19)18-10-5-7-15(2,20)8-11-18/h4,6,9,20H,3,5,7-8,10-11H2,1-2H3,(H,16,17). The first-order chi connectivity index (χ1) is 9.53. The van der Waals surface area contributed by atoms with Gasteiger partial charge in [0, 0.05) is 25.8 Å². The van der Waals surface area contributed by atoms with Crippen LogP contribution >= 0.6 is 0 Å². The number of amides is 1. The first-order valence-corrected chi connectivity index (χ1v) is 7.24. The van der Waals surface area contributed by atoms with E-state index < -0.39 is 5.60 Å². The molecule has 0 aromatic carbocycles. The van der Waals surface area contributed by atoms with Crippen LogP contribution in [-0.2, 0) is 0 Å². The van der Waals surface area contributed by atoms with Gasteiger partial charge in [-0.15, -0.1) is 0 Å². The smallest absolute Gasteiger partial charge is 0.257 e. The minimum atomic E-state index is -0.658. The number of anilines is 1. The Labute approximate surface area is 120 Å². The summed E-state index contributed by atoms with van der Waals surface area (Å²) in [6.45, 7) is 5.83. The Morgan fingerprint density at radius 1 is 1.50 bits per heavy atom. The molecule has 2 heterocycles. The lowest BCUT2D eigenvalue weighted by molar-refractivity contribution is 0.0438. The normalized spacial score (nSPS) is 23.2. The van der Waals surface area contributed by atoms with Crippen molar-refractivity contribution in [3.05, 3.63) is 23.9 Å². The number of pyridine rings is 1. The summed E-state index contributed by atoms with van der Waals surface area (Å²) in [6.07, 6.45) is 3.87. The fraction of sp³-hybridized carbons (Fsp3) is 0.600. The first-order valence-electron chi connectivity index (χ1n) is 7.24. The third-order valence-electron chi connectivity index (χ3n) is 3.73. The van der Waals surface area contributed by atoms with E-state index in [-0.39, 0.29) is 5.91 Å². The highest BCUT2D eigenvalue weighted by atomic mass is 16.3. The molecule has 1 unspecified atom stereocenters. The van der Waals surface area contributed by atoms with Crippen molar-refractivity contribution in [1.29, 1.82) is 0 Å². The zero-order valence-electron chi connectivity index (χ0n) is 12.2. The lowest BCUT2D eigenvalue weighted by Crippen LogP contribution is -2.34. The van der Waals surface area contributed by atoms with E-state index >= 15 is 0 Å². The van der Waals surface area contributed by atoms with Gasteiger partial charge in [-0.3, -0.25) is 4.79 Å². The van der Waals surface area contributed by atoms with Crippen molar-refractivity contribution < 1.29 is 9.90 Å². The lowest BCUT2D eigenvalue weighted by Gasteiger charge is -2.23. The average molecular weight is 277 g/mol. The molecule has 2 rings (SSSR count). The number of aliphatic hydroxyl groups is 1. The third kappa shape index (κ3) is 3.48. The molecule has 0 aliphatic carbocycles. The van der Waals surface area contributed by atoms with Crippen LogP contribution in [-0.4, -0.2) is 46.1 Å². The minimum Gasteiger partial charge on any atom is -0.390 e. The average Bonchev–Trinajstić information content (AvgIpc) is 2.60. The predicted octanol–water partition coefficient (Wildman–Crippen LogP) is 1.89.